The Morgan fingerprint density at radius 2 is 1.95 bits per heavy atom. The fraction of sp³-hybridized carbons (Fsp3) is 0.429. The molecular formula is C14H14F3NO4. The molecule has 0 spiro atoms. The Kier molecular flexibility index (Phi) is 4.58. The molecule has 22 heavy (non-hydrogen) atoms. The molecule has 0 radical (unpaired) electrons. The van der Waals surface area contributed by atoms with E-state index in [9.17, 15) is 22.8 Å². The summed E-state index contributed by atoms with van der Waals surface area (Å²) in [7, 11) is 0. The van der Waals surface area contributed by atoms with E-state index in [0.29, 0.717) is 19.1 Å². The maximum Gasteiger partial charge on any atom is 0.416 e. The van der Waals surface area contributed by atoms with Crippen LogP contribution in [0.2, 0.25) is 0 Å². The van der Waals surface area contributed by atoms with Crippen molar-refractivity contribution in [1.82, 2.24) is 4.90 Å². The minimum absolute atomic E-state index is 0.0803. The zero-order valence-corrected chi connectivity index (χ0v) is 11.5. The third-order valence-electron chi connectivity index (χ3n) is 3.47. The predicted molar refractivity (Wildman–Crippen MR) is 70.1 cm³/mol. The molecular weight excluding hydrogens is 303 g/mol. The topological polar surface area (TPSA) is 66.8 Å². The molecule has 0 aliphatic carbocycles. The van der Waals surface area contributed by atoms with Crippen molar-refractivity contribution in [2.24, 2.45) is 0 Å². The normalized spacial score (nSPS) is 16.4. The van der Waals surface area contributed by atoms with Crippen LogP contribution in [-0.4, -0.2) is 41.6 Å². The number of amides is 1. The van der Waals surface area contributed by atoms with Gasteiger partial charge in [-0.2, -0.15) is 13.2 Å². The number of hydrogen-bond donors (Lipinski definition) is 1. The Morgan fingerprint density at radius 3 is 2.45 bits per heavy atom. The molecule has 5 nitrogen and oxygen atoms in total. The van der Waals surface area contributed by atoms with Crippen LogP contribution in [0.5, 0.6) is 5.75 Å². The zero-order valence-electron chi connectivity index (χ0n) is 11.5. The number of likely N-dealkylation sites (tertiary alicyclic amines) is 1. The average Bonchev–Trinajstić information content (AvgIpc) is 2.47. The lowest BCUT2D eigenvalue weighted by molar-refractivity contribution is -0.137. The summed E-state index contributed by atoms with van der Waals surface area (Å²) in [6.45, 7) is 0.577. The molecule has 1 aliphatic heterocycles. The van der Waals surface area contributed by atoms with Crippen molar-refractivity contribution in [3.8, 4) is 5.75 Å². The van der Waals surface area contributed by atoms with Crippen LogP contribution in [0.25, 0.3) is 0 Å². The second-order valence-electron chi connectivity index (χ2n) is 4.96. The minimum Gasteiger partial charge on any atom is -0.490 e. The van der Waals surface area contributed by atoms with Gasteiger partial charge < -0.3 is 14.7 Å². The molecule has 0 unspecified atom stereocenters. The van der Waals surface area contributed by atoms with E-state index in [1.807, 2.05) is 0 Å². The van der Waals surface area contributed by atoms with Crippen molar-refractivity contribution in [3.63, 3.8) is 0 Å². The molecule has 0 aromatic heterocycles. The summed E-state index contributed by atoms with van der Waals surface area (Å²) in [5.74, 6) is 0.0803. The molecule has 1 aromatic rings. The van der Waals surface area contributed by atoms with Crippen molar-refractivity contribution >= 4 is 12.4 Å². The van der Waals surface area contributed by atoms with Crippen LogP contribution in [-0.2, 0) is 6.18 Å². The van der Waals surface area contributed by atoms with Crippen molar-refractivity contribution < 1.29 is 32.6 Å². The fourth-order valence-electron chi connectivity index (χ4n) is 2.27. The van der Waals surface area contributed by atoms with Gasteiger partial charge in [-0.3, -0.25) is 4.79 Å². The van der Waals surface area contributed by atoms with E-state index in [1.54, 1.807) is 0 Å². The van der Waals surface area contributed by atoms with Crippen LogP contribution in [0.3, 0.4) is 0 Å². The molecule has 1 N–H and O–H groups in total. The van der Waals surface area contributed by atoms with Crippen molar-refractivity contribution in [3.05, 3.63) is 29.3 Å². The van der Waals surface area contributed by atoms with Crippen LogP contribution < -0.4 is 4.74 Å². The molecule has 1 heterocycles. The number of carbonyl (C=O) groups is 2. The molecule has 120 valence electrons. The van der Waals surface area contributed by atoms with Crippen LogP contribution >= 0.6 is 0 Å². The number of rotatable bonds is 3. The quantitative estimate of drug-likeness (QED) is 0.870. The molecule has 1 aliphatic rings. The molecule has 2 rings (SSSR count). The van der Waals surface area contributed by atoms with Gasteiger partial charge in [0, 0.05) is 25.9 Å². The highest BCUT2D eigenvalue weighted by Gasteiger charge is 2.31. The predicted octanol–water partition coefficient (Wildman–Crippen LogP) is 3.04. The third kappa shape index (κ3) is 3.69. The number of carbonyl (C=O) groups excluding carboxylic acids is 1. The van der Waals surface area contributed by atoms with E-state index in [-0.39, 0.29) is 30.5 Å². The average molecular weight is 317 g/mol. The van der Waals surface area contributed by atoms with Gasteiger partial charge in [-0.05, 0) is 18.2 Å². The van der Waals surface area contributed by atoms with E-state index in [2.05, 4.69) is 0 Å². The molecule has 0 atom stereocenters. The smallest absolute Gasteiger partial charge is 0.416 e. The first-order valence-corrected chi connectivity index (χ1v) is 6.62. The molecule has 1 aromatic carbocycles. The van der Waals surface area contributed by atoms with Crippen LogP contribution in [0.1, 0.15) is 28.8 Å². The Balaban J connectivity index is 2.07. The molecule has 1 saturated heterocycles. The lowest BCUT2D eigenvalue weighted by atomic mass is 10.1. The second-order valence-corrected chi connectivity index (χ2v) is 4.96. The molecule has 1 fully saturated rings. The summed E-state index contributed by atoms with van der Waals surface area (Å²) in [6, 6.07) is 2.72. The van der Waals surface area contributed by atoms with Crippen LogP contribution in [0.15, 0.2) is 18.2 Å². The van der Waals surface area contributed by atoms with Crippen molar-refractivity contribution in [2.45, 2.75) is 25.1 Å². The van der Waals surface area contributed by atoms with E-state index >= 15 is 0 Å². The van der Waals surface area contributed by atoms with Gasteiger partial charge in [-0.15, -0.1) is 0 Å². The highest BCUT2D eigenvalue weighted by molar-refractivity contribution is 5.79. The number of piperidine rings is 1. The Hall–Kier alpha value is -2.25. The first kappa shape index (κ1) is 16.1. The number of alkyl halides is 3. The number of benzene rings is 1. The SMILES string of the molecule is O=Cc1cc(C(F)(F)F)ccc1OC1CCN(C(=O)O)CC1. The molecule has 1 amide bonds. The van der Waals surface area contributed by atoms with Gasteiger partial charge in [0.25, 0.3) is 0 Å². The first-order valence-electron chi connectivity index (χ1n) is 6.62. The monoisotopic (exact) mass is 317 g/mol. The summed E-state index contributed by atoms with van der Waals surface area (Å²) < 4.78 is 43.3. The maximum atomic E-state index is 12.6. The van der Waals surface area contributed by atoms with Crippen LogP contribution in [0, 0.1) is 0 Å². The van der Waals surface area contributed by atoms with Gasteiger partial charge in [0.05, 0.1) is 11.1 Å². The fourth-order valence-corrected chi connectivity index (χ4v) is 2.27. The Bertz CT molecular complexity index is 566. The molecule has 0 saturated carbocycles. The summed E-state index contributed by atoms with van der Waals surface area (Å²) in [6.07, 6.45) is -4.70. The van der Waals surface area contributed by atoms with Gasteiger partial charge in [-0.1, -0.05) is 0 Å². The highest BCUT2D eigenvalue weighted by atomic mass is 19.4. The number of ether oxygens (including phenoxy) is 1. The van der Waals surface area contributed by atoms with E-state index in [0.717, 1.165) is 18.2 Å². The van der Waals surface area contributed by atoms with Gasteiger partial charge in [-0.25, -0.2) is 4.79 Å². The van der Waals surface area contributed by atoms with Gasteiger partial charge >= 0.3 is 12.3 Å². The van der Waals surface area contributed by atoms with E-state index in [4.69, 9.17) is 9.84 Å². The van der Waals surface area contributed by atoms with Gasteiger partial charge in [0.2, 0.25) is 0 Å². The Morgan fingerprint density at radius 1 is 1.32 bits per heavy atom. The highest BCUT2D eigenvalue weighted by Crippen LogP contribution is 2.32. The number of nitrogens with zero attached hydrogens (tertiary/aromatic N) is 1. The van der Waals surface area contributed by atoms with Gasteiger partial charge in [0.1, 0.15) is 11.9 Å². The van der Waals surface area contributed by atoms with Gasteiger partial charge in [0.15, 0.2) is 6.29 Å². The summed E-state index contributed by atoms with van der Waals surface area (Å²) in [5, 5.41) is 8.84. The Labute approximate surface area is 124 Å². The van der Waals surface area contributed by atoms with E-state index < -0.39 is 17.8 Å². The maximum absolute atomic E-state index is 12.6. The minimum atomic E-state index is -4.52. The van der Waals surface area contributed by atoms with E-state index in [1.165, 1.54) is 4.90 Å². The number of aldehydes is 1. The zero-order chi connectivity index (χ0) is 16.3. The largest absolute Gasteiger partial charge is 0.490 e. The molecule has 0 bridgehead atoms. The summed E-state index contributed by atoms with van der Waals surface area (Å²) in [4.78, 5) is 23.0. The summed E-state index contributed by atoms with van der Waals surface area (Å²) >= 11 is 0. The number of halogens is 3. The van der Waals surface area contributed by atoms with Crippen LogP contribution in [0.4, 0.5) is 18.0 Å². The summed E-state index contributed by atoms with van der Waals surface area (Å²) in [5.41, 5.74) is -1.09. The molecule has 8 heteroatoms. The lowest BCUT2D eigenvalue weighted by Crippen LogP contribution is -2.41. The number of hydrogen-bond acceptors (Lipinski definition) is 3. The first-order chi connectivity index (χ1) is 10.3. The second kappa shape index (κ2) is 6.25. The van der Waals surface area contributed by atoms with Crippen molar-refractivity contribution in [2.75, 3.05) is 13.1 Å². The lowest BCUT2D eigenvalue weighted by Gasteiger charge is -2.30. The number of carboxylic acid groups (broad SMARTS) is 1. The standard InChI is InChI=1S/C14H14F3NO4/c15-14(16,17)10-1-2-12(9(7-10)8-19)22-11-3-5-18(6-4-11)13(20)21/h1-2,7-8,11H,3-6H2,(H,20,21). The third-order valence-corrected chi connectivity index (χ3v) is 3.47. The van der Waals surface area contributed by atoms with Crippen molar-refractivity contribution in [1.29, 1.82) is 0 Å².